The lowest BCUT2D eigenvalue weighted by atomic mass is 10.1. The minimum atomic E-state index is -0.785. The lowest BCUT2D eigenvalue weighted by Crippen LogP contribution is -2.39. The van der Waals surface area contributed by atoms with E-state index in [2.05, 4.69) is 30.7 Å². The molecule has 5 heterocycles. The van der Waals surface area contributed by atoms with Crippen molar-refractivity contribution in [1.82, 2.24) is 29.6 Å². The van der Waals surface area contributed by atoms with Gasteiger partial charge in [0.2, 0.25) is 5.91 Å². The third kappa shape index (κ3) is 5.25. The van der Waals surface area contributed by atoms with E-state index < -0.39 is 6.17 Å². The summed E-state index contributed by atoms with van der Waals surface area (Å²) in [5.74, 6) is -0.544. The summed E-state index contributed by atoms with van der Waals surface area (Å²) in [6.45, 7) is 3.09. The molecule has 2 amide bonds. The Bertz CT molecular complexity index is 1420. The van der Waals surface area contributed by atoms with E-state index >= 15 is 0 Å². The summed E-state index contributed by atoms with van der Waals surface area (Å²) in [7, 11) is 1.85. The molecule has 11 heteroatoms. The Labute approximate surface area is 206 Å². The van der Waals surface area contributed by atoms with Crippen molar-refractivity contribution in [3.8, 4) is 11.3 Å². The largest absolute Gasteiger partial charge is 0.339 e. The Balaban J connectivity index is 1.26. The first kappa shape index (κ1) is 23.6. The standard InChI is InChI=1S/C25H27FN8O2/c1-15-21(31-23(35)14-34-5-3-19(26)4-6-34)9-20(12-27-15)30-25(36)17-7-16-8-22(32-24(16)28-10-17)18-11-29-33(2)13-18/h7-13,19H,3-6,14H2,1-2H3,(H,28,32)(H,30,36)(H,31,35). The van der Waals surface area contributed by atoms with Gasteiger partial charge >= 0.3 is 0 Å². The van der Waals surface area contributed by atoms with Crippen molar-refractivity contribution in [2.45, 2.75) is 25.9 Å². The number of aryl methyl sites for hydroxylation is 2. The van der Waals surface area contributed by atoms with Gasteiger partial charge in [-0.15, -0.1) is 0 Å². The highest BCUT2D eigenvalue weighted by molar-refractivity contribution is 6.06. The number of amides is 2. The molecule has 0 atom stereocenters. The number of halogens is 1. The fraction of sp³-hybridized carbons (Fsp3) is 0.320. The molecule has 4 aromatic heterocycles. The lowest BCUT2D eigenvalue weighted by Gasteiger charge is -2.27. The number of rotatable bonds is 6. The number of nitrogens with zero attached hydrogens (tertiary/aromatic N) is 5. The Kier molecular flexibility index (Phi) is 6.47. The smallest absolute Gasteiger partial charge is 0.257 e. The second kappa shape index (κ2) is 9.86. The van der Waals surface area contributed by atoms with Gasteiger partial charge in [-0.05, 0) is 38.0 Å². The van der Waals surface area contributed by atoms with Gasteiger partial charge < -0.3 is 15.6 Å². The molecule has 36 heavy (non-hydrogen) atoms. The number of nitrogens with one attached hydrogen (secondary N) is 3. The maximum Gasteiger partial charge on any atom is 0.257 e. The zero-order valence-electron chi connectivity index (χ0n) is 20.1. The highest BCUT2D eigenvalue weighted by Crippen LogP contribution is 2.24. The molecule has 4 aromatic rings. The summed E-state index contributed by atoms with van der Waals surface area (Å²) in [6.07, 6.45) is 6.81. The minimum absolute atomic E-state index is 0.187. The van der Waals surface area contributed by atoms with Gasteiger partial charge in [-0.2, -0.15) is 5.10 Å². The number of carbonyl (C=O) groups is 2. The molecule has 10 nitrogen and oxygen atoms in total. The van der Waals surface area contributed by atoms with Crippen LogP contribution in [0.2, 0.25) is 0 Å². The molecule has 186 valence electrons. The summed E-state index contributed by atoms with van der Waals surface area (Å²) in [6, 6.07) is 5.36. The van der Waals surface area contributed by atoms with Crippen molar-refractivity contribution in [1.29, 1.82) is 0 Å². The Morgan fingerprint density at radius 3 is 2.67 bits per heavy atom. The van der Waals surface area contributed by atoms with Crippen LogP contribution in [-0.2, 0) is 11.8 Å². The fourth-order valence-electron chi connectivity index (χ4n) is 4.24. The van der Waals surface area contributed by atoms with Gasteiger partial charge in [0.05, 0.1) is 47.3 Å². The van der Waals surface area contributed by atoms with Crippen LogP contribution in [0, 0.1) is 6.92 Å². The number of hydrogen-bond acceptors (Lipinski definition) is 6. The number of pyridine rings is 2. The first-order chi connectivity index (χ1) is 17.3. The summed E-state index contributed by atoms with van der Waals surface area (Å²) in [4.78, 5) is 39.3. The molecule has 0 unspecified atom stereocenters. The Morgan fingerprint density at radius 2 is 1.92 bits per heavy atom. The number of H-pyrrole nitrogens is 1. The number of likely N-dealkylation sites (tertiary alicyclic amines) is 1. The molecule has 0 saturated carbocycles. The summed E-state index contributed by atoms with van der Waals surface area (Å²) in [5, 5.41) is 10.7. The summed E-state index contributed by atoms with van der Waals surface area (Å²) < 4.78 is 15.1. The monoisotopic (exact) mass is 490 g/mol. The number of fused-ring (bicyclic) bond motifs is 1. The second-order valence-corrected chi connectivity index (χ2v) is 9.06. The van der Waals surface area contributed by atoms with Gasteiger partial charge in [0.25, 0.3) is 5.91 Å². The highest BCUT2D eigenvalue weighted by atomic mass is 19.1. The number of carbonyl (C=O) groups excluding carboxylic acids is 2. The van der Waals surface area contributed by atoms with Crippen LogP contribution in [0.5, 0.6) is 0 Å². The zero-order valence-corrected chi connectivity index (χ0v) is 20.1. The minimum Gasteiger partial charge on any atom is -0.339 e. The van der Waals surface area contributed by atoms with E-state index in [0.29, 0.717) is 54.2 Å². The molecule has 0 bridgehead atoms. The first-order valence-electron chi connectivity index (χ1n) is 11.8. The van der Waals surface area contributed by atoms with E-state index in [9.17, 15) is 14.0 Å². The quantitative estimate of drug-likeness (QED) is 0.381. The molecule has 1 aliphatic heterocycles. The molecule has 0 radical (unpaired) electrons. The van der Waals surface area contributed by atoms with Gasteiger partial charge in [-0.1, -0.05) is 0 Å². The molecule has 1 aliphatic rings. The van der Waals surface area contributed by atoms with Gasteiger partial charge in [-0.3, -0.25) is 24.2 Å². The van der Waals surface area contributed by atoms with Gasteiger partial charge in [0, 0.05) is 43.5 Å². The van der Waals surface area contributed by atoms with Gasteiger partial charge in [-0.25, -0.2) is 9.37 Å². The zero-order chi connectivity index (χ0) is 25.2. The van der Waals surface area contributed by atoms with Crippen molar-refractivity contribution >= 4 is 34.2 Å². The number of alkyl halides is 1. The molecular weight excluding hydrogens is 463 g/mol. The molecule has 0 spiro atoms. The summed E-state index contributed by atoms with van der Waals surface area (Å²) in [5.41, 5.74) is 4.43. The number of anilines is 2. The van der Waals surface area contributed by atoms with Crippen molar-refractivity contribution in [2.75, 3.05) is 30.3 Å². The highest BCUT2D eigenvalue weighted by Gasteiger charge is 2.20. The molecule has 3 N–H and O–H groups in total. The average molecular weight is 491 g/mol. The van der Waals surface area contributed by atoms with E-state index in [1.165, 1.54) is 12.4 Å². The third-order valence-electron chi connectivity index (χ3n) is 6.25. The predicted molar refractivity (Wildman–Crippen MR) is 134 cm³/mol. The Morgan fingerprint density at radius 1 is 1.11 bits per heavy atom. The van der Waals surface area contributed by atoms with Crippen molar-refractivity contribution in [2.24, 2.45) is 7.05 Å². The van der Waals surface area contributed by atoms with E-state index in [-0.39, 0.29) is 18.4 Å². The molecule has 0 aliphatic carbocycles. The van der Waals surface area contributed by atoms with Crippen LogP contribution in [0.25, 0.3) is 22.3 Å². The van der Waals surface area contributed by atoms with Gasteiger partial charge in [0.1, 0.15) is 11.8 Å². The van der Waals surface area contributed by atoms with Crippen LogP contribution in [0.1, 0.15) is 28.9 Å². The number of hydrogen-bond donors (Lipinski definition) is 3. The van der Waals surface area contributed by atoms with Crippen molar-refractivity contribution in [3.05, 3.63) is 54.2 Å². The maximum absolute atomic E-state index is 13.3. The van der Waals surface area contributed by atoms with E-state index in [1.807, 2.05) is 24.2 Å². The van der Waals surface area contributed by atoms with Crippen LogP contribution in [-0.4, -0.2) is 67.3 Å². The second-order valence-electron chi connectivity index (χ2n) is 9.06. The van der Waals surface area contributed by atoms with Crippen LogP contribution < -0.4 is 10.6 Å². The van der Waals surface area contributed by atoms with Crippen molar-refractivity contribution in [3.63, 3.8) is 0 Å². The van der Waals surface area contributed by atoms with E-state index in [0.717, 1.165) is 16.6 Å². The average Bonchev–Trinajstić information content (AvgIpc) is 3.48. The molecule has 1 fully saturated rings. The van der Waals surface area contributed by atoms with Gasteiger partial charge in [0.15, 0.2) is 0 Å². The van der Waals surface area contributed by atoms with Crippen LogP contribution in [0.3, 0.4) is 0 Å². The molecular formula is C25H27FN8O2. The molecule has 5 rings (SSSR count). The fourth-order valence-corrected chi connectivity index (χ4v) is 4.24. The van der Waals surface area contributed by atoms with Crippen LogP contribution in [0.4, 0.5) is 15.8 Å². The molecule has 1 saturated heterocycles. The number of piperidine rings is 1. The lowest BCUT2D eigenvalue weighted by molar-refractivity contribution is -0.117. The van der Waals surface area contributed by atoms with Crippen LogP contribution >= 0.6 is 0 Å². The summed E-state index contributed by atoms with van der Waals surface area (Å²) >= 11 is 0. The maximum atomic E-state index is 13.3. The molecule has 0 aromatic carbocycles. The van der Waals surface area contributed by atoms with Crippen LogP contribution in [0.15, 0.2) is 43.0 Å². The van der Waals surface area contributed by atoms with E-state index in [1.54, 1.807) is 29.9 Å². The Hall–Kier alpha value is -4.12. The number of aromatic nitrogens is 5. The van der Waals surface area contributed by atoms with Crippen molar-refractivity contribution < 1.29 is 14.0 Å². The third-order valence-corrected chi connectivity index (χ3v) is 6.25. The SMILES string of the molecule is Cc1ncc(NC(=O)c2cnc3[nH]c(-c4cnn(C)c4)cc3c2)cc1NC(=O)CN1CCC(F)CC1. The topological polar surface area (TPSA) is 121 Å². The normalized spacial score (nSPS) is 14.8. The predicted octanol–water partition coefficient (Wildman–Crippen LogP) is 3.29. The first-order valence-corrected chi connectivity index (χ1v) is 11.8. The van der Waals surface area contributed by atoms with E-state index in [4.69, 9.17) is 0 Å². The number of aromatic amines is 1.